The van der Waals surface area contributed by atoms with Gasteiger partial charge in [0.15, 0.2) is 11.5 Å². The zero-order valence-electron chi connectivity index (χ0n) is 15.2. The molecule has 1 heterocycles. The lowest BCUT2D eigenvalue weighted by Gasteiger charge is -2.12. The van der Waals surface area contributed by atoms with Gasteiger partial charge in [-0.15, -0.1) is 10.2 Å². The lowest BCUT2D eigenvalue weighted by Crippen LogP contribution is -2.15. The van der Waals surface area contributed by atoms with E-state index in [1.54, 1.807) is 43.5 Å². The van der Waals surface area contributed by atoms with Gasteiger partial charge in [0.1, 0.15) is 11.8 Å². The van der Waals surface area contributed by atoms with E-state index in [-0.39, 0.29) is 5.69 Å². The van der Waals surface area contributed by atoms with Crippen LogP contribution in [0.4, 0.5) is 17.2 Å². The third kappa shape index (κ3) is 4.19. The van der Waals surface area contributed by atoms with E-state index in [2.05, 4.69) is 20.8 Å². The van der Waals surface area contributed by atoms with Crippen LogP contribution in [0, 0.1) is 18.3 Å². The van der Waals surface area contributed by atoms with Gasteiger partial charge in [-0.25, -0.2) is 0 Å². The highest BCUT2D eigenvalue weighted by molar-refractivity contribution is 6.31. The topological polar surface area (TPSA) is 99.9 Å². The summed E-state index contributed by atoms with van der Waals surface area (Å²) in [7, 11) is 1.55. The van der Waals surface area contributed by atoms with E-state index in [1.165, 1.54) is 6.07 Å². The van der Waals surface area contributed by atoms with Gasteiger partial charge in [-0.1, -0.05) is 23.7 Å². The quantitative estimate of drug-likeness (QED) is 0.669. The maximum Gasteiger partial charge on any atom is 0.276 e. The molecule has 0 saturated carbocycles. The maximum atomic E-state index is 12.4. The molecular weight excluding hydrogens is 378 g/mol. The number of rotatable bonds is 5. The Morgan fingerprint density at radius 2 is 1.93 bits per heavy atom. The van der Waals surface area contributed by atoms with Crippen molar-refractivity contribution in [2.24, 2.45) is 0 Å². The second-order valence-corrected chi connectivity index (χ2v) is 6.25. The molecule has 0 radical (unpaired) electrons. The van der Waals surface area contributed by atoms with Crippen molar-refractivity contribution < 1.29 is 9.53 Å². The van der Waals surface area contributed by atoms with Crippen molar-refractivity contribution in [1.82, 2.24) is 10.2 Å². The minimum absolute atomic E-state index is 0.123. The van der Waals surface area contributed by atoms with Crippen LogP contribution in [0.5, 0.6) is 5.75 Å². The summed E-state index contributed by atoms with van der Waals surface area (Å²) in [6.07, 6.45) is 0. The van der Waals surface area contributed by atoms with Gasteiger partial charge in [-0.05, 0) is 42.8 Å². The van der Waals surface area contributed by atoms with E-state index in [0.29, 0.717) is 33.5 Å². The second kappa shape index (κ2) is 8.37. The van der Waals surface area contributed by atoms with Gasteiger partial charge >= 0.3 is 0 Å². The molecule has 2 N–H and O–H groups in total. The average Bonchev–Trinajstić information content (AvgIpc) is 2.71. The maximum absolute atomic E-state index is 12.4. The summed E-state index contributed by atoms with van der Waals surface area (Å²) in [6.45, 7) is 1.88. The molecule has 3 rings (SSSR count). The molecule has 0 saturated heterocycles. The van der Waals surface area contributed by atoms with Crippen LogP contribution in [0.1, 0.15) is 21.6 Å². The number of para-hydroxylation sites is 1. The third-order valence-electron chi connectivity index (χ3n) is 3.94. The number of ether oxygens (including phenoxy) is 1. The molecular formula is C20H16ClN5O2. The lowest BCUT2D eigenvalue weighted by atomic mass is 10.2. The Balaban J connectivity index is 1.76. The van der Waals surface area contributed by atoms with Crippen LogP contribution >= 0.6 is 11.6 Å². The van der Waals surface area contributed by atoms with Crippen LogP contribution in [0.2, 0.25) is 5.02 Å². The van der Waals surface area contributed by atoms with Gasteiger partial charge in [-0.2, -0.15) is 5.26 Å². The van der Waals surface area contributed by atoms with E-state index in [1.807, 2.05) is 19.1 Å². The zero-order valence-corrected chi connectivity index (χ0v) is 15.9. The van der Waals surface area contributed by atoms with Gasteiger partial charge in [-0.3, -0.25) is 4.79 Å². The molecule has 1 aromatic heterocycles. The van der Waals surface area contributed by atoms with Crippen LogP contribution in [0.15, 0.2) is 48.5 Å². The number of nitriles is 1. The van der Waals surface area contributed by atoms with Crippen LogP contribution in [0.3, 0.4) is 0 Å². The van der Waals surface area contributed by atoms with Crippen molar-refractivity contribution in [2.75, 3.05) is 17.7 Å². The molecule has 0 atom stereocenters. The van der Waals surface area contributed by atoms with Crippen LogP contribution in [-0.4, -0.2) is 23.2 Å². The normalized spacial score (nSPS) is 10.1. The Labute approximate surface area is 166 Å². The van der Waals surface area contributed by atoms with E-state index < -0.39 is 5.91 Å². The number of methoxy groups -OCH3 is 1. The molecule has 7 nitrogen and oxygen atoms in total. The Hall–Kier alpha value is -3.63. The third-order valence-corrected chi connectivity index (χ3v) is 4.34. The fourth-order valence-corrected chi connectivity index (χ4v) is 2.62. The molecule has 2 aromatic carbocycles. The monoisotopic (exact) mass is 393 g/mol. The zero-order chi connectivity index (χ0) is 20.1. The number of benzene rings is 2. The van der Waals surface area contributed by atoms with Crippen LogP contribution in [-0.2, 0) is 0 Å². The molecule has 0 aliphatic carbocycles. The molecule has 0 fully saturated rings. The first-order valence-electron chi connectivity index (χ1n) is 8.27. The lowest BCUT2D eigenvalue weighted by molar-refractivity contribution is 0.102. The molecule has 0 unspecified atom stereocenters. The molecule has 0 spiro atoms. The molecule has 0 bridgehead atoms. The number of aromatic nitrogens is 2. The van der Waals surface area contributed by atoms with Gasteiger partial charge in [0.25, 0.3) is 5.91 Å². The first-order valence-corrected chi connectivity index (χ1v) is 8.65. The number of nitrogens with one attached hydrogen (secondary N) is 2. The van der Waals surface area contributed by atoms with Crippen molar-refractivity contribution in [1.29, 1.82) is 5.26 Å². The number of carbonyl (C=O) groups is 1. The number of hydrogen-bond acceptors (Lipinski definition) is 6. The first-order chi connectivity index (χ1) is 13.5. The second-order valence-electron chi connectivity index (χ2n) is 5.84. The Morgan fingerprint density at radius 1 is 1.14 bits per heavy atom. The number of amides is 1. The van der Waals surface area contributed by atoms with Gasteiger partial charge in [0.2, 0.25) is 0 Å². The summed E-state index contributed by atoms with van der Waals surface area (Å²) in [6, 6.07) is 15.5. The molecule has 1 amide bonds. The fourth-order valence-electron chi connectivity index (χ4n) is 2.46. The van der Waals surface area contributed by atoms with E-state index in [4.69, 9.17) is 21.6 Å². The number of carbonyl (C=O) groups excluding carboxylic acids is 1. The molecule has 140 valence electrons. The summed E-state index contributed by atoms with van der Waals surface area (Å²) in [5.41, 5.74) is 2.47. The largest absolute Gasteiger partial charge is 0.495 e. The summed E-state index contributed by atoms with van der Waals surface area (Å²) in [5.74, 6) is 0.544. The van der Waals surface area contributed by atoms with Crippen LogP contribution in [0.25, 0.3) is 0 Å². The summed E-state index contributed by atoms with van der Waals surface area (Å²) in [5, 5.41) is 23.4. The van der Waals surface area contributed by atoms with Crippen molar-refractivity contribution >= 4 is 34.7 Å². The van der Waals surface area contributed by atoms with E-state index in [0.717, 1.165) is 5.56 Å². The fraction of sp³-hybridized carbons (Fsp3) is 0.100. The summed E-state index contributed by atoms with van der Waals surface area (Å²) >= 11 is 6.11. The van der Waals surface area contributed by atoms with Crippen molar-refractivity contribution in [2.45, 2.75) is 6.92 Å². The predicted molar refractivity (Wildman–Crippen MR) is 107 cm³/mol. The minimum atomic E-state index is -0.457. The van der Waals surface area contributed by atoms with Gasteiger partial charge in [0.05, 0.1) is 24.0 Å². The van der Waals surface area contributed by atoms with Gasteiger partial charge < -0.3 is 15.4 Å². The number of anilines is 3. The number of halogens is 1. The van der Waals surface area contributed by atoms with Crippen molar-refractivity contribution in [3.8, 4) is 11.8 Å². The molecule has 8 heteroatoms. The number of hydrogen-bond donors (Lipinski definition) is 2. The SMILES string of the molecule is COc1cc(Cl)c(C)cc1Nc1ccc(C(=O)Nc2ccccc2C#N)nn1. The first kappa shape index (κ1) is 19.1. The molecule has 3 aromatic rings. The number of nitrogens with zero attached hydrogens (tertiary/aromatic N) is 3. The highest BCUT2D eigenvalue weighted by Gasteiger charge is 2.12. The molecule has 0 aliphatic rings. The molecule has 28 heavy (non-hydrogen) atoms. The smallest absolute Gasteiger partial charge is 0.276 e. The summed E-state index contributed by atoms with van der Waals surface area (Å²) < 4.78 is 5.32. The highest BCUT2D eigenvalue weighted by atomic mass is 35.5. The summed E-state index contributed by atoms with van der Waals surface area (Å²) in [4.78, 5) is 12.4. The number of aryl methyl sites for hydroxylation is 1. The standard InChI is InChI=1S/C20H16ClN5O2/c1-12-9-17(18(28-2)10-14(12)21)23-19-8-7-16(25-26-19)20(27)24-15-6-4-3-5-13(15)11-22/h3-10H,1-2H3,(H,23,26)(H,24,27). The van der Waals surface area contributed by atoms with Gasteiger partial charge in [0, 0.05) is 11.1 Å². The predicted octanol–water partition coefficient (Wildman–Crippen LogP) is 4.31. The average molecular weight is 394 g/mol. The Morgan fingerprint density at radius 3 is 2.61 bits per heavy atom. The Kier molecular flexibility index (Phi) is 5.72. The van der Waals surface area contributed by atoms with E-state index >= 15 is 0 Å². The molecule has 0 aliphatic heterocycles. The van der Waals surface area contributed by atoms with Crippen LogP contribution < -0.4 is 15.4 Å². The van der Waals surface area contributed by atoms with Crippen molar-refractivity contribution in [3.63, 3.8) is 0 Å². The minimum Gasteiger partial charge on any atom is -0.495 e. The van der Waals surface area contributed by atoms with E-state index in [9.17, 15) is 4.79 Å². The highest BCUT2D eigenvalue weighted by Crippen LogP contribution is 2.32. The Bertz CT molecular complexity index is 1060. The van der Waals surface area contributed by atoms with Crippen molar-refractivity contribution in [3.05, 3.63) is 70.4 Å².